The van der Waals surface area contributed by atoms with Crippen LogP contribution in [-0.4, -0.2) is 16.1 Å². The van der Waals surface area contributed by atoms with Crippen LogP contribution in [0.25, 0.3) is 0 Å². The molecule has 0 N–H and O–H groups in total. The van der Waals surface area contributed by atoms with Crippen LogP contribution >= 0.6 is 0 Å². The lowest BCUT2D eigenvalue weighted by molar-refractivity contribution is 0.0734. The first-order valence-corrected chi connectivity index (χ1v) is 10.1. The lowest BCUT2D eigenvalue weighted by Crippen LogP contribution is -2.08. The Morgan fingerprint density at radius 2 is 1.41 bits per heavy atom. The van der Waals surface area contributed by atoms with Gasteiger partial charge >= 0.3 is 5.97 Å². The Morgan fingerprint density at radius 1 is 0.812 bits per heavy atom. The van der Waals surface area contributed by atoms with E-state index in [4.69, 9.17) is 18.7 Å². The van der Waals surface area contributed by atoms with E-state index < -0.39 is 5.97 Å². The van der Waals surface area contributed by atoms with E-state index in [2.05, 4.69) is 10.1 Å². The quantitative estimate of drug-likeness (QED) is 0.285. The number of rotatable bonds is 8. The fourth-order valence-corrected chi connectivity index (χ4v) is 2.97. The van der Waals surface area contributed by atoms with Crippen molar-refractivity contribution in [2.75, 3.05) is 0 Å². The third kappa shape index (κ3) is 5.31. The molecule has 4 rings (SSSR count). The molecule has 0 aliphatic heterocycles. The Bertz CT molecular complexity index is 1150. The van der Waals surface area contributed by atoms with Crippen molar-refractivity contribution >= 4 is 5.97 Å². The van der Waals surface area contributed by atoms with Crippen LogP contribution in [0.1, 0.15) is 32.9 Å². The second-order valence-corrected chi connectivity index (χ2v) is 7.12. The number of nitrogens with zero attached hydrogens (tertiary/aromatic N) is 2. The lowest BCUT2D eigenvalue weighted by atomic mass is 10.2. The van der Waals surface area contributed by atoms with Gasteiger partial charge in [-0.25, -0.2) is 4.79 Å². The predicted octanol–water partition coefficient (Wildman–Crippen LogP) is 5.06. The highest BCUT2D eigenvalue weighted by Crippen LogP contribution is 2.21. The second kappa shape index (κ2) is 9.78. The van der Waals surface area contributed by atoms with Crippen molar-refractivity contribution < 1.29 is 23.5 Å². The zero-order chi connectivity index (χ0) is 22.3. The number of hydrogen-bond acceptors (Lipinski definition) is 7. The molecular weight excluding hydrogens is 408 g/mol. The van der Waals surface area contributed by atoms with Crippen molar-refractivity contribution in [3.05, 3.63) is 101 Å². The number of benzene rings is 2. The molecular formula is C25H22N2O5. The maximum atomic E-state index is 12.4. The van der Waals surface area contributed by atoms with Gasteiger partial charge in [0.2, 0.25) is 0 Å². The van der Waals surface area contributed by atoms with Gasteiger partial charge in [0.05, 0.1) is 16.8 Å². The number of carbonyl (C=O) groups excluding carboxylic acids is 1. The maximum absolute atomic E-state index is 12.4. The molecule has 0 bridgehead atoms. The molecule has 0 radical (unpaired) electrons. The minimum Gasteiger partial charge on any atom is -0.489 e. The molecule has 0 aliphatic rings. The molecule has 2 aromatic heterocycles. The van der Waals surface area contributed by atoms with Gasteiger partial charge in [-0.15, -0.1) is 0 Å². The molecule has 4 aromatic rings. The highest BCUT2D eigenvalue weighted by atomic mass is 16.5. The average Bonchev–Trinajstić information content (AvgIpc) is 3.15. The number of carbonyl (C=O) groups is 1. The van der Waals surface area contributed by atoms with Crippen LogP contribution in [0.2, 0.25) is 0 Å². The van der Waals surface area contributed by atoms with Crippen molar-refractivity contribution in [2.24, 2.45) is 0 Å². The van der Waals surface area contributed by atoms with Crippen molar-refractivity contribution in [3.63, 3.8) is 0 Å². The van der Waals surface area contributed by atoms with Gasteiger partial charge in [0.15, 0.2) is 0 Å². The number of esters is 1. The van der Waals surface area contributed by atoms with E-state index in [0.29, 0.717) is 36.0 Å². The minimum atomic E-state index is -0.451. The van der Waals surface area contributed by atoms with E-state index in [1.165, 1.54) is 0 Å². The van der Waals surface area contributed by atoms with Gasteiger partial charge < -0.3 is 18.7 Å². The summed E-state index contributed by atoms with van der Waals surface area (Å²) in [6, 6.07) is 17.5. The van der Waals surface area contributed by atoms with Gasteiger partial charge in [-0.05, 0) is 80.1 Å². The van der Waals surface area contributed by atoms with Crippen molar-refractivity contribution in [3.8, 4) is 17.2 Å². The van der Waals surface area contributed by atoms with Crippen LogP contribution < -0.4 is 14.2 Å². The molecule has 2 heterocycles. The summed E-state index contributed by atoms with van der Waals surface area (Å²) in [7, 11) is 0. The summed E-state index contributed by atoms with van der Waals surface area (Å²) in [5.41, 5.74) is 3.17. The van der Waals surface area contributed by atoms with E-state index in [1.54, 1.807) is 60.9 Å². The van der Waals surface area contributed by atoms with Gasteiger partial charge in [-0.3, -0.25) is 4.98 Å². The van der Waals surface area contributed by atoms with Crippen LogP contribution in [-0.2, 0) is 13.2 Å². The highest BCUT2D eigenvalue weighted by Gasteiger charge is 2.11. The van der Waals surface area contributed by atoms with E-state index >= 15 is 0 Å². The van der Waals surface area contributed by atoms with Crippen LogP contribution in [0.4, 0.5) is 0 Å². The van der Waals surface area contributed by atoms with E-state index in [-0.39, 0.29) is 0 Å². The molecule has 0 unspecified atom stereocenters. The van der Waals surface area contributed by atoms with Gasteiger partial charge in [0, 0.05) is 12.4 Å². The van der Waals surface area contributed by atoms with E-state index in [1.807, 2.05) is 26.0 Å². The first-order chi connectivity index (χ1) is 15.6. The first kappa shape index (κ1) is 21.1. The second-order valence-electron chi connectivity index (χ2n) is 7.12. The molecule has 0 aliphatic carbocycles. The van der Waals surface area contributed by atoms with E-state index in [9.17, 15) is 4.79 Å². The number of aromatic nitrogens is 2. The Kier molecular flexibility index (Phi) is 6.46. The van der Waals surface area contributed by atoms with Crippen LogP contribution in [0, 0.1) is 13.8 Å². The normalized spacial score (nSPS) is 10.6. The fourth-order valence-electron chi connectivity index (χ4n) is 2.97. The summed E-state index contributed by atoms with van der Waals surface area (Å²) >= 11 is 0. The topological polar surface area (TPSA) is 83.7 Å². The average molecular weight is 430 g/mol. The van der Waals surface area contributed by atoms with Gasteiger partial charge in [0.25, 0.3) is 0 Å². The summed E-state index contributed by atoms with van der Waals surface area (Å²) in [5.74, 6) is 2.04. The van der Waals surface area contributed by atoms with Crippen molar-refractivity contribution in [1.29, 1.82) is 0 Å². The summed E-state index contributed by atoms with van der Waals surface area (Å²) < 4.78 is 22.1. The zero-order valence-electron chi connectivity index (χ0n) is 17.8. The third-order valence-corrected chi connectivity index (χ3v) is 4.84. The molecule has 32 heavy (non-hydrogen) atoms. The SMILES string of the molecule is Cc1noc(C)c1COc1ccc(C(=O)Oc2ccc(OCc3ccncc3)cc2)cc1. The van der Waals surface area contributed by atoms with Crippen LogP contribution in [0.3, 0.4) is 0 Å². The molecule has 0 fully saturated rings. The standard InChI is InChI=1S/C25H22N2O5/c1-17-24(18(2)32-27-17)16-30-21-5-3-20(4-6-21)25(28)31-23-9-7-22(8-10-23)29-15-19-11-13-26-14-12-19/h3-14H,15-16H2,1-2H3. The predicted molar refractivity (Wildman–Crippen MR) is 117 cm³/mol. The summed E-state index contributed by atoms with van der Waals surface area (Å²) in [6.45, 7) is 4.50. The fraction of sp³-hybridized carbons (Fsp3) is 0.160. The molecule has 0 spiro atoms. The molecule has 2 aromatic carbocycles. The lowest BCUT2D eigenvalue weighted by Gasteiger charge is -2.09. The molecule has 162 valence electrons. The molecule has 7 heteroatoms. The van der Waals surface area contributed by atoms with Gasteiger partial charge in [0.1, 0.15) is 36.2 Å². The number of pyridine rings is 1. The maximum Gasteiger partial charge on any atom is 0.343 e. The molecule has 0 amide bonds. The van der Waals surface area contributed by atoms with E-state index in [0.717, 1.165) is 22.6 Å². The van der Waals surface area contributed by atoms with Crippen molar-refractivity contribution in [1.82, 2.24) is 10.1 Å². The Labute approximate surface area is 185 Å². The summed E-state index contributed by atoms with van der Waals surface area (Å²) in [6.07, 6.45) is 3.44. The number of hydrogen-bond donors (Lipinski definition) is 0. The summed E-state index contributed by atoms with van der Waals surface area (Å²) in [4.78, 5) is 16.4. The molecule has 0 saturated carbocycles. The highest BCUT2D eigenvalue weighted by molar-refractivity contribution is 5.91. The monoisotopic (exact) mass is 430 g/mol. The third-order valence-electron chi connectivity index (χ3n) is 4.84. The number of aryl methyl sites for hydroxylation is 2. The Hall–Kier alpha value is -4.13. The van der Waals surface area contributed by atoms with Gasteiger partial charge in [-0.1, -0.05) is 5.16 Å². The van der Waals surface area contributed by atoms with Crippen LogP contribution in [0.15, 0.2) is 77.6 Å². The summed E-state index contributed by atoms with van der Waals surface area (Å²) in [5, 5.41) is 3.91. The van der Waals surface area contributed by atoms with Gasteiger partial charge in [-0.2, -0.15) is 0 Å². The van der Waals surface area contributed by atoms with Crippen LogP contribution in [0.5, 0.6) is 17.2 Å². The minimum absolute atomic E-state index is 0.348. The number of ether oxygens (including phenoxy) is 3. The zero-order valence-corrected chi connectivity index (χ0v) is 17.8. The largest absolute Gasteiger partial charge is 0.489 e. The Balaban J connectivity index is 1.29. The molecule has 0 atom stereocenters. The molecule has 7 nitrogen and oxygen atoms in total. The Morgan fingerprint density at radius 3 is 2.03 bits per heavy atom. The molecule has 0 saturated heterocycles. The van der Waals surface area contributed by atoms with Crippen molar-refractivity contribution in [2.45, 2.75) is 27.1 Å². The first-order valence-electron chi connectivity index (χ1n) is 10.1. The smallest absolute Gasteiger partial charge is 0.343 e.